The van der Waals surface area contributed by atoms with Crippen LogP contribution < -0.4 is 5.32 Å². The molecule has 0 amide bonds. The van der Waals surface area contributed by atoms with Gasteiger partial charge in [0, 0.05) is 37.5 Å². The predicted octanol–water partition coefficient (Wildman–Crippen LogP) is 2.96. The highest BCUT2D eigenvalue weighted by Crippen LogP contribution is 2.18. The van der Waals surface area contributed by atoms with Crippen LogP contribution in [-0.4, -0.2) is 9.78 Å². The molecular weight excluding hydrogens is 248 g/mol. The molecule has 0 aliphatic heterocycles. The van der Waals surface area contributed by atoms with E-state index in [2.05, 4.69) is 10.4 Å². The second-order valence-electron chi connectivity index (χ2n) is 4.56. The second kappa shape index (κ2) is 5.93. The van der Waals surface area contributed by atoms with Crippen LogP contribution in [0.1, 0.15) is 28.8 Å². The monoisotopic (exact) mass is 265 g/mol. The third kappa shape index (κ3) is 3.61. The minimum Gasteiger partial charge on any atom is -0.308 e. The topological polar surface area (TPSA) is 29.9 Å². The molecule has 0 aliphatic carbocycles. The van der Waals surface area contributed by atoms with E-state index in [1.54, 1.807) is 16.8 Å². The molecule has 102 valence electrons. The van der Waals surface area contributed by atoms with Crippen molar-refractivity contribution in [1.29, 1.82) is 0 Å². The van der Waals surface area contributed by atoms with E-state index in [1.165, 1.54) is 12.1 Å². The van der Waals surface area contributed by atoms with Crippen molar-refractivity contribution < 1.29 is 8.78 Å². The molecule has 0 fully saturated rings. The molecule has 19 heavy (non-hydrogen) atoms. The van der Waals surface area contributed by atoms with Crippen molar-refractivity contribution in [3.05, 3.63) is 52.8 Å². The first kappa shape index (κ1) is 13.7. The molecule has 2 rings (SSSR count). The number of nitrogens with one attached hydrogen (secondary N) is 1. The largest absolute Gasteiger partial charge is 0.308 e. The fourth-order valence-electron chi connectivity index (χ4n) is 1.94. The first-order chi connectivity index (χ1) is 9.06. The first-order valence-corrected chi connectivity index (χ1v) is 6.13. The SMILES string of the molecule is Cc1nn(C)cc1CNCc1ccc(C(F)F)cc1. The number of nitrogens with zero attached hydrogens (tertiary/aromatic N) is 2. The van der Waals surface area contributed by atoms with Gasteiger partial charge in [-0.3, -0.25) is 4.68 Å². The molecule has 1 N–H and O–H groups in total. The lowest BCUT2D eigenvalue weighted by molar-refractivity contribution is 0.151. The average molecular weight is 265 g/mol. The summed E-state index contributed by atoms with van der Waals surface area (Å²) in [6, 6.07) is 6.39. The molecule has 0 radical (unpaired) electrons. The molecule has 0 bridgehead atoms. The molecule has 0 spiro atoms. The molecule has 1 aromatic heterocycles. The van der Waals surface area contributed by atoms with Gasteiger partial charge in [0.05, 0.1) is 5.69 Å². The summed E-state index contributed by atoms with van der Waals surface area (Å²) in [4.78, 5) is 0. The molecular formula is C14H17F2N3. The second-order valence-corrected chi connectivity index (χ2v) is 4.56. The van der Waals surface area contributed by atoms with E-state index in [-0.39, 0.29) is 5.56 Å². The molecule has 0 unspecified atom stereocenters. The van der Waals surface area contributed by atoms with E-state index in [9.17, 15) is 8.78 Å². The lowest BCUT2D eigenvalue weighted by Gasteiger charge is -2.05. The van der Waals surface area contributed by atoms with Crippen molar-refractivity contribution in [3.63, 3.8) is 0 Å². The Hall–Kier alpha value is -1.75. The van der Waals surface area contributed by atoms with Crippen molar-refractivity contribution in [2.24, 2.45) is 7.05 Å². The number of aryl methyl sites for hydroxylation is 2. The Labute approximate surface area is 111 Å². The van der Waals surface area contributed by atoms with Crippen LogP contribution in [0.2, 0.25) is 0 Å². The van der Waals surface area contributed by atoms with Crippen LogP contribution in [0.4, 0.5) is 8.78 Å². The van der Waals surface area contributed by atoms with Crippen molar-refractivity contribution in [1.82, 2.24) is 15.1 Å². The summed E-state index contributed by atoms with van der Waals surface area (Å²) >= 11 is 0. The van der Waals surface area contributed by atoms with E-state index in [4.69, 9.17) is 0 Å². The molecule has 0 saturated carbocycles. The number of alkyl halides is 2. The van der Waals surface area contributed by atoms with E-state index in [0.717, 1.165) is 23.4 Å². The Kier molecular flexibility index (Phi) is 4.27. The normalized spacial score (nSPS) is 11.2. The van der Waals surface area contributed by atoms with Crippen LogP contribution in [-0.2, 0) is 20.1 Å². The number of hydrogen-bond acceptors (Lipinski definition) is 2. The molecule has 0 saturated heterocycles. The van der Waals surface area contributed by atoms with Gasteiger partial charge in [-0.1, -0.05) is 24.3 Å². The highest BCUT2D eigenvalue weighted by atomic mass is 19.3. The summed E-state index contributed by atoms with van der Waals surface area (Å²) in [5, 5.41) is 7.54. The van der Waals surface area contributed by atoms with E-state index < -0.39 is 6.43 Å². The fourth-order valence-corrected chi connectivity index (χ4v) is 1.94. The van der Waals surface area contributed by atoms with Crippen molar-refractivity contribution >= 4 is 0 Å². The van der Waals surface area contributed by atoms with E-state index in [1.807, 2.05) is 20.2 Å². The van der Waals surface area contributed by atoms with Crippen LogP contribution in [0.15, 0.2) is 30.5 Å². The van der Waals surface area contributed by atoms with Crippen LogP contribution in [0.3, 0.4) is 0 Å². The average Bonchev–Trinajstić information content (AvgIpc) is 2.68. The number of benzene rings is 1. The minimum absolute atomic E-state index is 0.0619. The van der Waals surface area contributed by atoms with Gasteiger partial charge < -0.3 is 5.32 Å². The maximum Gasteiger partial charge on any atom is 0.263 e. The predicted molar refractivity (Wildman–Crippen MR) is 69.9 cm³/mol. The van der Waals surface area contributed by atoms with E-state index >= 15 is 0 Å². The Balaban J connectivity index is 1.87. The molecule has 3 nitrogen and oxygen atoms in total. The quantitative estimate of drug-likeness (QED) is 0.900. The molecule has 2 aromatic rings. The van der Waals surface area contributed by atoms with Gasteiger partial charge in [-0.25, -0.2) is 8.78 Å². The summed E-state index contributed by atoms with van der Waals surface area (Å²) in [6.45, 7) is 3.34. The zero-order chi connectivity index (χ0) is 13.8. The zero-order valence-corrected chi connectivity index (χ0v) is 11.0. The smallest absolute Gasteiger partial charge is 0.263 e. The molecule has 5 heteroatoms. The van der Waals surface area contributed by atoms with Crippen LogP contribution in [0, 0.1) is 6.92 Å². The zero-order valence-electron chi connectivity index (χ0n) is 11.0. The third-order valence-electron chi connectivity index (χ3n) is 2.99. The Morgan fingerprint density at radius 1 is 1.21 bits per heavy atom. The highest BCUT2D eigenvalue weighted by molar-refractivity contribution is 5.23. The highest BCUT2D eigenvalue weighted by Gasteiger charge is 2.06. The van der Waals surface area contributed by atoms with Crippen LogP contribution >= 0.6 is 0 Å². The van der Waals surface area contributed by atoms with Gasteiger partial charge in [0.1, 0.15) is 0 Å². The van der Waals surface area contributed by atoms with Gasteiger partial charge in [-0.05, 0) is 12.5 Å². The van der Waals surface area contributed by atoms with E-state index in [0.29, 0.717) is 6.54 Å². The molecule has 1 aromatic carbocycles. The Morgan fingerprint density at radius 2 is 1.89 bits per heavy atom. The van der Waals surface area contributed by atoms with Gasteiger partial charge in [0.25, 0.3) is 6.43 Å². The number of halogens is 2. The maximum atomic E-state index is 12.4. The number of hydrogen-bond donors (Lipinski definition) is 1. The maximum absolute atomic E-state index is 12.4. The lowest BCUT2D eigenvalue weighted by atomic mass is 10.1. The lowest BCUT2D eigenvalue weighted by Crippen LogP contribution is -2.12. The third-order valence-corrected chi connectivity index (χ3v) is 2.99. The summed E-state index contributed by atoms with van der Waals surface area (Å²) < 4.78 is 26.6. The van der Waals surface area contributed by atoms with Crippen molar-refractivity contribution in [3.8, 4) is 0 Å². The fraction of sp³-hybridized carbons (Fsp3) is 0.357. The van der Waals surface area contributed by atoms with Crippen LogP contribution in [0.5, 0.6) is 0 Å². The first-order valence-electron chi connectivity index (χ1n) is 6.13. The van der Waals surface area contributed by atoms with Gasteiger partial charge in [-0.2, -0.15) is 5.10 Å². The van der Waals surface area contributed by atoms with Gasteiger partial charge in [0.2, 0.25) is 0 Å². The summed E-state index contributed by atoms with van der Waals surface area (Å²) in [6.07, 6.45) is -0.428. The van der Waals surface area contributed by atoms with Crippen molar-refractivity contribution in [2.45, 2.75) is 26.4 Å². The van der Waals surface area contributed by atoms with Crippen molar-refractivity contribution in [2.75, 3.05) is 0 Å². The Bertz CT molecular complexity index is 532. The van der Waals surface area contributed by atoms with Gasteiger partial charge in [0.15, 0.2) is 0 Å². The summed E-state index contributed by atoms with van der Waals surface area (Å²) in [5.74, 6) is 0. The number of rotatable bonds is 5. The standard InChI is InChI=1S/C14H17F2N3/c1-10-13(9-19(2)18-10)8-17-7-11-3-5-12(6-4-11)14(15)16/h3-6,9,14,17H,7-8H2,1-2H3. The van der Waals surface area contributed by atoms with Gasteiger partial charge in [-0.15, -0.1) is 0 Å². The Morgan fingerprint density at radius 3 is 2.42 bits per heavy atom. The molecule has 0 atom stereocenters. The summed E-state index contributed by atoms with van der Waals surface area (Å²) in [5.41, 5.74) is 3.20. The number of aromatic nitrogens is 2. The minimum atomic E-state index is -2.40. The molecule has 1 heterocycles. The van der Waals surface area contributed by atoms with Crippen LogP contribution in [0.25, 0.3) is 0 Å². The summed E-state index contributed by atoms with van der Waals surface area (Å²) in [7, 11) is 1.89. The van der Waals surface area contributed by atoms with Gasteiger partial charge >= 0.3 is 0 Å². The molecule has 0 aliphatic rings.